The van der Waals surface area contributed by atoms with Crippen LogP contribution in [0.5, 0.6) is 0 Å². The van der Waals surface area contributed by atoms with Gasteiger partial charge >= 0.3 is 39.5 Å². The molecule has 3 N–H and O–H groups in total. The van der Waals surface area contributed by atoms with E-state index in [0.717, 1.165) is 114 Å². The SMILES string of the molecule is CC(C)CCCCCCCCCCCCCCCCC(=O)O[C@H](COC(=O)CCCCCCCCCCCCC(C)C)COP(=O)(O)OC[C@@H](O)COP(=O)(O)OC[C@@H](COC(=O)CCCCCCCCC(C)C)OC(=O)CCCCCCCCCCCCCCCC(C)C. The van der Waals surface area contributed by atoms with Crippen LogP contribution in [0.15, 0.2) is 0 Å². The van der Waals surface area contributed by atoms with Crippen molar-refractivity contribution in [3.63, 3.8) is 0 Å². The fourth-order valence-electron chi connectivity index (χ4n) is 11.6. The summed E-state index contributed by atoms with van der Waals surface area (Å²) in [4.78, 5) is 72.8. The van der Waals surface area contributed by atoms with E-state index in [4.69, 9.17) is 37.0 Å². The molecule has 0 aliphatic carbocycles. The Morgan fingerprint density at radius 1 is 0.263 bits per heavy atom. The fraction of sp³-hybridized carbons (Fsp3) is 0.947. The summed E-state index contributed by atoms with van der Waals surface area (Å²) in [6, 6.07) is 0. The molecule has 19 heteroatoms. The van der Waals surface area contributed by atoms with Gasteiger partial charge in [-0.1, -0.05) is 331 Å². The lowest BCUT2D eigenvalue weighted by atomic mass is 10.0. The van der Waals surface area contributed by atoms with Crippen LogP contribution in [0.3, 0.4) is 0 Å². The average Bonchev–Trinajstić information content (AvgIpc) is 2.43. The minimum absolute atomic E-state index is 0.106. The number of aliphatic hydroxyl groups excluding tert-OH is 1. The maximum Gasteiger partial charge on any atom is 0.472 e. The van der Waals surface area contributed by atoms with E-state index in [1.165, 1.54) is 180 Å². The molecule has 0 saturated carbocycles. The van der Waals surface area contributed by atoms with Crippen molar-refractivity contribution in [1.29, 1.82) is 0 Å². The Labute approximate surface area is 581 Å². The van der Waals surface area contributed by atoms with E-state index in [1.807, 2.05) is 0 Å². The fourth-order valence-corrected chi connectivity index (χ4v) is 13.1. The maximum absolute atomic E-state index is 13.1. The number of ether oxygens (including phenoxy) is 4. The highest BCUT2D eigenvalue weighted by molar-refractivity contribution is 7.47. The summed E-state index contributed by atoms with van der Waals surface area (Å²) in [5.41, 5.74) is 0. The zero-order valence-electron chi connectivity index (χ0n) is 62.3. The van der Waals surface area contributed by atoms with Crippen molar-refractivity contribution >= 4 is 39.5 Å². The van der Waals surface area contributed by atoms with Crippen LogP contribution in [0.4, 0.5) is 0 Å². The first kappa shape index (κ1) is 93.1. The molecule has 0 aliphatic heterocycles. The van der Waals surface area contributed by atoms with E-state index in [1.54, 1.807) is 0 Å². The van der Waals surface area contributed by atoms with Crippen LogP contribution < -0.4 is 0 Å². The standard InChI is InChI=1S/C76H148O17P2/c1-66(2)52-44-36-28-22-16-12-9-10-14-18-26-32-42-50-58-75(80)92-71(62-86-73(78)56-48-40-31-25-21-20-24-30-38-46-54-68(5)6)64-90-94(82,83)88-60-70(77)61-89-95(84,85)91-65-72(63-87-74(79)57-49-41-35-34-39-47-55-69(7)8)93-76(81)59-51-43-33-27-19-15-11-13-17-23-29-37-45-53-67(3)4/h66-72,77H,9-65H2,1-8H3,(H,82,83)(H,84,85)/t70-,71-,72-/m1/s1. The number of esters is 4. The van der Waals surface area contributed by atoms with Gasteiger partial charge in [-0.05, 0) is 49.4 Å². The number of carbonyl (C=O) groups is 4. The highest BCUT2D eigenvalue weighted by Crippen LogP contribution is 2.45. The molecule has 2 unspecified atom stereocenters. The van der Waals surface area contributed by atoms with Gasteiger partial charge in [0.2, 0.25) is 0 Å². The summed E-state index contributed by atoms with van der Waals surface area (Å²) in [6.45, 7) is 14.2. The number of hydrogen-bond acceptors (Lipinski definition) is 15. The largest absolute Gasteiger partial charge is 0.472 e. The minimum Gasteiger partial charge on any atom is -0.462 e. The van der Waals surface area contributed by atoms with Crippen molar-refractivity contribution in [2.45, 2.75) is 401 Å². The third-order valence-electron chi connectivity index (χ3n) is 17.6. The predicted molar refractivity (Wildman–Crippen MR) is 386 cm³/mol. The quantitative estimate of drug-likeness (QED) is 0.0222. The maximum atomic E-state index is 13.1. The van der Waals surface area contributed by atoms with E-state index < -0.39 is 97.5 Å². The molecular formula is C76H148O17P2. The molecule has 0 radical (unpaired) electrons. The molecule has 0 amide bonds. The van der Waals surface area contributed by atoms with Gasteiger partial charge in [-0.3, -0.25) is 37.3 Å². The third-order valence-corrected chi connectivity index (χ3v) is 19.5. The number of phosphoric acid groups is 2. The Morgan fingerprint density at radius 2 is 0.442 bits per heavy atom. The predicted octanol–water partition coefficient (Wildman–Crippen LogP) is 22.0. The van der Waals surface area contributed by atoms with Crippen molar-refractivity contribution in [2.75, 3.05) is 39.6 Å². The molecule has 0 aliphatic rings. The molecule has 0 bridgehead atoms. The van der Waals surface area contributed by atoms with E-state index >= 15 is 0 Å². The Balaban J connectivity index is 5.23. The Morgan fingerprint density at radius 3 is 0.653 bits per heavy atom. The Bertz CT molecular complexity index is 1870. The van der Waals surface area contributed by atoms with Crippen LogP contribution in [0.25, 0.3) is 0 Å². The van der Waals surface area contributed by atoms with E-state index in [-0.39, 0.29) is 25.7 Å². The second kappa shape index (κ2) is 65.4. The molecule has 564 valence electrons. The average molecular weight is 1400 g/mol. The normalized spacial score (nSPS) is 14.1. The molecule has 95 heavy (non-hydrogen) atoms. The molecule has 0 heterocycles. The van der Waals surface area contributed by atoms with Gasteiger partial charge in [-0.15, -0.1) is 0 Å². The summed E-state index contributed by atoms with van der Waals surface area (Å²) in [5.74, 6) is 0.898. The van der Waals surface area contributed by atoms with Gasteiger partial charge in [0, 0.05) is 25.7 Å². The number of unbranched alkanes of at least 4 members (excludes halogenated alkanes) is 39. The zero-order valence-corrected chi connectivity index (χ0v) is 64.1. The number of rotatable bonds is 73. The van der Waals surface area contributed by atoms with E-state index in [0.29, 0.717) is 31.6 Å². The molecule has 0 fully saturated rings. The summed E-state index contributed by atoms with van der Waals surface area (Å²) in [7, 11) is -9.91. The molecule has 5 atom stereocenters. The monoisotopic (exact) mass is 1400 g/mol. The lowest BCUT2D eigenvalue weighted by Crippen LogP contribution is -2.30. The van der Waals surface area contributed by atoms with Gasteiger partial charge in [-0.25, -0.2) is 9.13 Å². The second-order valence-electron chi connectivity index (χ2n) is 29.3. The van der Waals surface area contributed by atoms with Gasteiger partial charge in [0.15, 0.2) is 12.2 Å². The third kappa shape index (κ3) is 70.3. The van der Waals surface area contributed by atoms with Gasteiger partial charge in [0.1, 0.15) is 19.3 Å². The smallest absolute Gasteiger partial charge is 0.462 e. The van der Waals surface area contributed by atoms with Gasteiger partial charge in [0.25, 0.3) is 0 Å². The van der Waals surface area contributed by atoms with Crippen molar-refractivity contribution < 1.29 is 80.2 Å². The lowest BCUT2D eigenvalue weighted by Gasteiger charge is -2.21. The summed E-state index contributed by atoms with van der Waals surface area (Å²) in [6.07, 6.45) is 50.1. The first-order valence-corrected chi connectivity index (χ1v) is 42.2. The molecule has 0 aromatic carbocycles. The van der Waals surface area contributed by atoms with Crippen molar-refractivity contribution in [3.05, 3.63) is 0 Å². The lowest BCUT2D eigenvalue weighted by molar-refractivity contribution is -0.161. The van der Waals surface area contributed by atoms with Crippen LogP contribution >= 0.6 is 15.6 Å². The molecule has 0 aromatic heterocycles. The second-order valence-corrected chi connectivity index (χ2v) is 32.2. The highest BCUT2D eigenvalue weighted by atomic mass is 31.2. The van der Waals surface area contributed by atoms with Crippen molar-refractivity contribution in [1.82, 2.24) is 0 Å². The summed E-state index contributed by atoms with van der Waals surface area (Å²) >= 11 is 0. The Kier molecular flexibility index (Phi) is 64.0. The van der Waals surface area contributed by atoms with Crippen molar-refractivity contribution in [2.24, 2.45) is 23.7 Å². The van der Waals surface area contributed by atoms with Gasteiger partial charge in [-0.2, -0.15) is 0 Å². The molecule has 17 nitrogen and oxygen atoms in total. The molecule has 0 aromatic rings. The first-order chi connectivity index (χ1) is 45.6. The molecule has 0 spiro atoms. The van der Waals surface area contributed by atoms with Crippen LogP contribution in [-0.2, 0) is 65.4 Å². The van der Waals surface area contributed by atoms with E-state index in [9.17, 15) is 43.2 Å². The van der Waals surface area contributed by atoms with Crippen molar-refractivity contribution in [3.8, 4) is 0 Å². The number of aliphatic hydroxyl groups is 1. The molecule has 0 saturated heterocycles. The first-order valence-electron chi connectivity index (χ1n) is 39.2. The highest BCUT2D eigenvalue weighted by Gasteiger charge is 2.30. The number of carbonyl (C=O) groups excluding carboxylic acids is 4. The number of hydrogen-bond donors (Lipinski definition) is 3. The van der Waals surface area contributed by atoms with Crippen LogP contribution in [-0.4, -0.2) is 96.7 Å². The zero-order chi connectivity index (χ0) is 70.3. The topological polar surface area (TPSA) is 237 Å². The van der Waals surface area contributed by atoms with Gasteiger partial charge in [0.05, 0.1) is 26.4 Å². The van der Waals surface area contributed by atoms with Crippen LogP contribution in [0.1, 0.15) is 383 Å². The summed E-state index contributed by atoms with van der Waals surface area (Å²) < 4.78 is 68.5. The Hall–Kier alpha value is -1.94. The van der Waals surface area contributed by atoms with Gasteiger partial charge < -0.3 is 33.8 Å². The minimum atomic E-state index is -4.96. The molecule has 0 rings (SSSR count). The van der Waals surface area contributed by atoms with Crippen LogP contribution in [0.2, 0.25) is 0 Å². The van der Waals surface area contributed by atoms with E-state index in [2.05, 4.69) is 55.4 Å². The van der Waals surface area contributed by atoms with Crippen LogP contribution in [0, 0.1) is 23.7 Å². The molecular weight excluding hydrogens is 1250 g/mol. The number of phosphoric ester groups is 2. The summed E-state index contributed by atoms with van der Waals surface area (Å²) in [5, 5.41) is 10.6.